The Bertz CT molecular complexity index is 140. The Morgan fingerprint density at radius 2 is 2.08 bits per heavy atom. The Hall–Kier alpha value is -0.590. The van der Waals surface area contributed by atoms with Crippen molar-refractivity contribution in [2.45, 2.75) is 39.3 Å². The van der Waals surface area contributed by atoms with Crippen LogP contribution in [-0.4, -0.2) is 25.3 Å². The van der Waals surface area contributed by atoms with Crippen LogP contribution in [0.3, 0.4) is 0 Å². The lowest BCUT2D eigenvalue weighted by Crippen LogP contribution is -2.29. The van der Waals surface area contributed by atoms with Crippen LogP contribution in [-0.2, 0) is 4.74 Å². The SMILES string of the molecule is CC(CC#N)NCCOC(C)C. The van der Waals surface area contributed by atoms with Crippen LogP contribution in [0.4, 0.5) is 0 Å². The van der Waals surface area contributed by atoms with Gasteiger partial charge in [-0.25, -0.2) is 0 Å². The maximum absolute atomic E-state index is 8.36. The molecule has 3 nitrogen and oxygen atoms in total. The van der Waals surface area contributed by atoms with Crippen LogP contribution in [0, 0.1) is 11.3 Å². The Morgan fingerprint density at radius 3 is 2.58 bits per heavy atom. The van der Waals surface area contributed by atoms with Gasteiger partial charge in [0.05, 0.1) is 25.2 Å². The van der Waals surface area contributed by atoms with Crippen LogP contribution >= 0.6 is 0 Å². The molecule has 0 aromatic rings. The summed E-state index contributed by atoms with van der Waals surface area (Å²) >= 11 is 0. The molecule has 0 saturated carbocycles. The van der Waals surface area contributed by atoms with Crippen molar-refractivity contribution in [1.29, 1.82) is 5.26 Å². The van der Waals surface area contributed by atoms with E-state index in [4.69, 9.17) is 10.00 Å². The molecule has 0 heterocycles. The lowest BCUT2D eigenvalue weighted by molar-refractivity contribution is 0.0797. The second-order valence-corrected chi connectivity index (χ2v) is 3.14. The highest BCUT2D eigenvalue weighted by Gasteiger charge is 1.98. The third-order valence-electron chi connectivity index (χ3n) is 1.44. The van der Waals surface area contributed by atoms with Gasteiger partial charge in [-0.2, -0.15) is 5.26 Å². The van der Waals surface area contributed by atoms with Crippen molar-refractivity contribution in [2.75, 3.05) is 13.2 Å². The minimum absolute atomic E-state index is 0.269. The van der Waals surface area contributed by atoms with E-state index in [1.54, 1.807) is 0 Å². The third-order valence-corrected chi connectivity index (χ3v) is 1.44. The van der Waals surface area contributed by atoms with Crippen LogP contribution in [0.1, 0.15) is 27.2 Å². The molecule has 0 bridgehead atoms. The average molecular weight is 170 g/mol. The Kier molecular flexibility index (Phi) is 6.73. The molecule has 3 heteroatoms. The van der Waals surface area contributed by atoms with E-state index < -0.39 is 0 Å². The quantitative estimate of drug-likeness (QED) is 0.611. The minimum atomic E-state index is 0.269. The molecule has 0 aliphatic rings. The van der Waals surface area contributed by atoms with Gasteiger partial charge in [-0.15, -0.1) is 0 Å². The van der Waals surface area contributed by atoms with Gasteiger partial charge >= 0.3 is 0 Å². The Labute approximate surface area is 74.7 Å². The molecular formula is C9H18N2O. The van der Waals surface area contributed by atoms with E-state index in [1.807, 2.05) is 20.8 Å². The number of ether oxygens (including phenoxy) is 1. The first-order chi connectivity index (χ1) is 5.66. The summed E-state index contributed by atoms with van der Waals surface area (Å²) in [6.45, 7) is 7.56. The second-order valence-electron chi connectivity index (χ2n) is 3.14. The first-order valence-electron chi connectivity index (χ1n) is 4.38. The summed E-state index contributed by atoms with van der Waals surface area (Å²) < 4.78 is 5.32. The highest BCUT2D eigenvalue weighted by molar-refractivity contribution is 4.76. The van der Waals surface area contributed by atoms with E-state index in [0.717, 1.165) is 6.54 Å². The fraction of sp³-hybridized carbons (Fsp3) is 0.889. The van der Waals surface area contributed by atoms with E-state index in [-0.39, 0.29) is 12.1 Å². The van der Waals surface area contributed by atoms with Gasteiger partial charge in [0.2, 0.25) is 0 Å². The lowest BCUT2D eigenvalue weighted by atomic mass is 10.2. The molecule has 12 heavy (non-hydrogen) atoms. The summed E-state index contributed by atoms with van der Waals surface area (Å²) in [5, 5.41) is 11.6. The molecular weight excluding hydrogens is 152 g/mol. The maximum atomic E-state index is 8.36. The zero-order valence-electron chi connectivity index (χ0n) is 8.13. The zero-order chi connectivity index (χ0) is 9.40. The van der Waals surface area contributed by atoms with Crippen molar-refractivity contribution in [3.8, 4) is 6.07 Å². The van der Waals surface area contributed by atoms with Crippen LogP contribution in [0.15, 0.2) is 0 Å². The van der Waals surface area contributed by atoms with Gasteiger partial charge in [-0.1, -0.05) is 0 Å². The summed E-state index contributed by atoms with van der Waals surface area (Å²) in [5.41, 5.74) is 0. The molecule has 0 fully saturated rings. The highest BCUT2D eigenvalue weighted by Crippen LogP contribution is 1.88. The predicted octanol–water partition coefficient (Wildman–Crippen LogP) is 1.30. The van der Waals surface area contributed by atoms with Crippen molar-refractivity contribution in [3.63, 3.8) is 0 Å². The third kappa shape index (κ3) is 7.52. The molecule has 1 N–H and O–H groups in total. The van der Waals surface area contributed by atoms with Crippen molar-refractivity contribution in [1.82, 2.24) is 5.32 Å². The molecule has 0 amide bonds. The van der Waals surface area contributed by atoms with Gasteiger partial charge < -0.3 is 10.1 Å². The second kappa shape index (κ2) is 7.08. The molecule has 0 aliphatic carbocycles. The van der Waals surface area contributed by atoms with Gasteiger partial charge in [0.25, 0.3) is 0 Å². The van der Waals surface area contributed by atoms with E-state index in [9.17, 15) is 0 Å². The van der Waals surface area contributed by atoms with Gasteiger partial charge in [-0.05, 0) is 20.8 Å². The lowest BCUT2D eigenvalue weighted by Gasteiger charge is -2.11. The van der Waals surface area contributed by atoms with Crippen molar-refractivity contribution in [3.05, 3.63) is 0 Å². The topological polar surface area (TPSA) is 45.0 Å². The number of hydrogen-bond acceptors (Lipinski definition) is 3. The molecule has 0 saturated heterocycles. The zero-order valence-corrected chi connectivity index (χ0v) is 8.13. The van der Waals surface area contributed by atoms with E-state index in [0.29, 0.717) is 13.0 Å². The summed E-state index contributed by atoms with van der Waals surface area (Å²) in [5.74, 6) is 0. The van der Waals surface area contributed by atoms with E-state index >= 15 is 0 Å². The molecule has 0 rings (SSSR count). The summed E-state index contributed by atoms with van der Waals surface area (Å²) in [4.78, 5) is 0. The van der Waals surface area contributed by atoms with Gasteiger partial charge in [0, 0.05) is 12.6 Å². The normalized spacial score (nSPS) is 12.9. The average Bonchev–Trinajstić information content (AvgIpc) is 1.98. The standard InChI is InChI=1S/C9H18N2O/c1-8(2)12-7-6-11-9(3)4-5-10/h8-9,11H,4,6-7H2,1-3H3. The first kappa shape index (κ1) is 11.4. The number of rotatable bonds is 6. The molecule has 0 aromatic carbocycles. The van der Waals surface area contributed by atoms with Crippen LogP contribution in [0.25, 0.3) is 0 Å². The maximum Gasteiger partial charge on any atom is 0.0638 e. The molecule has 0 aliphatic heterocycles. The Balaban J connectivity index is 3.15. The number of nitrogens with zero attached hydrogens (tertiary/aromatic N) is 1. The fourth-order valence-corrected chi connectivity index (χ4v) is 0.809. The van der Waals surface area contributed by atoms with Crippen LogP contribution in [0.5, 0.6) is 0 Å². The van der Waals surface area contributed by atoms with Crippen LogP contribution < -0.4 is 5.32 Å². The molecule has 0 spiro atoms. The smallest absolute Gasteiger partial charge is 0.0638 e. The highest BCUT2D eigenvalue weighted by atomic mass is 16.5. The molecule has 1 unspecified atom stereocenters. The first-order valence-corrected chi connectivity index (χ1v) is 4.38. The Morgan fingerprint density at radius 1 is 1.42 bits per heavy atom. The molecule has 0 radical (unpaired) electrons. The van der Waals surface area contributed by atoms with Gasteiger partial charge in [0.15, 0.2) is 0 Å². The van der Waals surface area contributed by atoms with E-state index in [2.05, 4.69) is 11.4 Å². The van der Waals surface area contributed by atoms with Crippen LogP contribution in [0.2, 0.25) is 0 Å². The predicted molar refractivity (Wildman–Crippen MR) is 48.8 cm³/mol. The van der Waals surface area contributed by atoms with Crippen molar-refractivity contribution < 1.29 is 4.74 Å². The van der Waals surface area contributed by atoms with Gasteiger partial charge in [-0.3, -0.25) is 0 Å². The molecule has 1 atom stereocenters. The monoisotopic (exact) mass is 170 g/mol. The number of nitrogens with one attached hydrogen (secondary N) is 1. The van der Waals surface area contributed by atoms with Crippen molar-refractivity contribution >= 4 is 0 Å². The summed E-state index contributed by atoms with van der Waals surface area (Å²) in [7, 11) is 0. The number of hydrogen-bond donors (Lipinski definition) is 1. The van der Waals surface area contributed by atoms with Gasteiger partial charge in [0.1, 0.15) is 0 Å². The minimum Gasteiger partial charge on any atom is -0.377 e. The molecule has 0 aromatic heterocycles. The molecule has 70 valence electrons. The largest absolute Gasteiger partial charge is 0.377 e. The fourth-order valence-electron chi connectivity index (χ4n) is 0.809. The van der Waals surface area contributed by atoms with Crippen molar-refractivity contribution in [2.24, 2.45) is 0 Å². The number of nitriles is 1. The van der Waals surface area contributed by atoms with E-state index in [1.165, 1.54) is 0 Å². The summed E-state index contributed by atoms with van der Waals surface area (Å²) in [6.07, 6.45) is 0.847. The summed E-state index contributed by atoms with van der Waals surface area (Å²) in [6, 6.07) is 2.38.